The predicted molar refractivity (Wildman–Crippen MR) is 57.4 cm³/mol. The van der Waals surface area contributed by atoms with Gasteiger partial charge in [-0.15, -0.1) is 0 Å². The molecule has 5 nitrogen and oxygen atoms in total. The van der Waals surface area contributed by atoms with Crippen LogP contribution in [-0.4, -0.2) is 16.1 Å². The van der Waals surface area contributed by atoms with Gasteiger partial charge in [0.15, 0.2) is 0 Å². The Kier molecular flexibility index (Phi) is 1.67. The lowest BCUT2D eigenvalue weighted by Crippen LogP contribution is -2.10. The maximum atomic E-state index is 10.8. The number of carbonyl (C=O) groups is 1. The number of aromatic carboxylic acids is 1. The molecule has 2 aromatic rings. The summed E-state index contributed by atoms with van der Waals surface area (Å²) in [5.74, 6) is -0.577. The summed E-state index contributed by atoms with van der Waals surface area (Å²) in [6.45, 7) is 0. The lowest BCUT2D eigenvalue weighted by molar-refractivity contribution is 0.0690. The number of aromatic amines is 1. The number of nitrogens with one attached hydrogen (secondary N) is 2. The highest BCUT2D eigenvalue weighted by Gasteiger charge is 2.21. The van der Waals surface area contributed by atoms with Gasteiger partial charge in [0.1, 0.15) is 5.69 Å². The van der Waals surface area contributed by atoms with Crippen LogP contribution in [-0.2, 0) is 0 Å². The molecule has 0 aliphatic carbocycles. The first kappa shape index (κ1) is 8.84. The molecule has 1 aliphatic heterocycles. The second-order valence-electron chi connectivity index (χ2n) is 3.48. The first-order valence-corrected chi connectivity index (χ1v) is 4.74. The van der Waals surface area contributed by atoms with E-state index in [2.05, 4.69) is 10.5 Å². The summed E-state index contributed by atoms with van der Waals surface area (Å²) in [7, 11) is 0. The van der Waals surface area contributed by atoms with E-state index in [1.54, 1.807) is 6.07 Å². The van der Waals surface area contributed by atoms with Crippen molar-refractivity contribution in [2.24, 2.45) is 0 Å². The Balaban J connectivity index is 2.20. The molecule has 3 N–H and O–H groups in total. The highest BCUT2D eigenvalue weighted by atomic mass is 16.7. The van der Waals surface area contributed by atoms with E-state index in [4.69, 9.17) is 9.94 Å². The van der Waals surface area contributed by atoms with Gasteiger partial charge in [-0.2, -0.15) is 0 Å². The zero-order valence-corrected chi connectivity index (χ0v) is 8.15. The van der Waals surface area contributed by atoms with Crippen LogP contribution in [0.4, 0.5) is 5.69 Å². The van der Waals surface area contributed by atoms with E-state index in [-0.39, 0.29) is 5.69 Å². The SMILES string of the molecule is O=C(O)c1cc2c([nH]1)ONc1ccccc1-2. The number of carboxylic acids is 1. The first-order valence-electron chi connectivity index (χ1n) is 4.74. The third kappa shape index (κ3) is 1.15. The minimum absolute atomic E-state index is 0.114. The van der Waals surface area contributed by atoms with E-state index >= 15 is 0 Å². The van der Waals surface area contributed by atoms with Crippen LogP contribution in [0.25, 0.3) is 11.1 Å². The molecular weight excluding hydrogens is 208 g/mol. The van der Waals surface area contributed by atoms with E-state index in [1.165, 1.54) is 0 Å². The predicted octanol–water partition coefficient (Wildman–Crippen LogP) is 2.10. The maximum Gasteiger partial charge on any atom is 0.352 e. The highest BCUT2D eigenvalue weighted by molar-refractivity contribution is 5.92. The van der Waals surface area contributed by atoms with Gasteiger partial charge >= 0.3 is 5.97 Å². The summed E-state index contributed by atoms with van der Waals surface area (Å²) in [4.78, 5) is 18.7. The number of rotatable bonds is 1. The summed E-state index contributed by atoms with van der Waals surface area (Å²) in [6, 6.07) is 9.11. The molecule has 1 aliphatic rings. The van der Waals surface area contributed by atoms with Crippen LogP contribution in [0.1, 0.15) is 10.5 Å². The first-order chi connectivity index (χ1) is 7.75. The Hall–Kier alpha value is -2.43. The fourth-order valence-corrected chi connectivity index (χ4v) is 1.74. The quantitative estimate of drug-likeness (QED) is 0.682. The van der Waals surface area contributed by atoms with Crippen molar-refractivity contribution in [3.05, 3.63) is 36.0 Å². The minimum Gasteiger partial charge on any atom is -0.477 e. The second kappa shape index (κ2) is 3.03. The molecule has 0 amide bonds. The number of hydrogen-bond donors (Lipinski definition) is 3. The Labute approximate surface area is 90.6 Å². The number of H-pyrrole nitrogens is 1. The Morgan fingerprint density at radius 3 is 2.88 bits per heavy atom. The van der Waals surface area contributed by atoms with Gasteiger partial charge < -0.3 is 14.9 Å². The van der Waals surface area contributed by atoms with Crippen molar-refractivity contribution in [1.82, 2.24) is 4.98 Å². The average molecular weight is 216 g/mol. The van der Waals surface area contributed by atoms with Gasteiger partial charge in [0.25, 0.3) is 0 Å². The molecule has 0 fully saturated rings. The molecule has 5 heteroatoms. The fraction of sp³-hybridized carbons (Fsp3) is 0. The molecule has 0 saturated heterocycles. The van der Waals surface area contributed by atoms with Crippen molar-refractivity contribution in [3.8, 4) is 17.0 Å². The van der Waals surface area contributed by atoms with Crippen molar-refractivity contribution >= 4 is 11.7 Å². The van der Waals surface area contributed by atoms with Crippen LogP contribution in [0.2, 0.25) is 0 Å². The Bertz CT molecular complexity index is 574. The lowest BCUT2D eigenvalue weighted by atomic mass is 10.1. The number of hydrogen-bond acceptors (Lipinski definition) is 3. The van der Waals surface area contributed by atoms with Crippen molar-refractivity contribution in [1.29, 1.82) is 0 Å². The summed E-state index contributed by atoms with van der Waals surface area (Å²) >= 11 is 0. The number of fused-ring (bicyclic) bond motifs is 3. The van der Waals surface area contributed by atoms with E-state index in [1.807, 2.05) is 24.3 Å². The summed E-state index contributed by atoms with van der Waals surface area (Å²) in [5, 5.41) is 8.87. The smallest absolute Gasteiger partial charge is 0.352 e. The summed E-state index contributed by atoms with van der Waals surface area (Å²) in [6.07, 6.45) is 0. The van der Waals surface area contributed by atoms with Crippen LogP contribution in [0.3, 0.4) is 0 Å². The van der Waals surface area contributed by atoms with Crippen LogP contribution in [0, 0.1) is 0 Å². The molecular formula is C11H8N2O3. The van der Waals surface area contributed by atoms with Gasteiger partial charge in [0, 0.05) is 11.1 Å². The second-order valence-corrected chi connectivity index (χ2v) is 3.48. The molecule has 0 bridgehead atoms. The standard InChI is InChI=1S/C11H8N2O3/c14-11(15)9-5-7-6-3-1-2-4-8(6)13-16-10(7)12-9/h1-5,12-13H,(H,14,15). The van der Waals surface area contributed by atoms with E-state index in [0.717, 1.165) is 16.8 Å². The molecule has 2 heterocycles. The van der Waals surface area contributed by atoms with Crippen LogP contribution >= 0.6 is 0 Å². The van der Waals surface area contributed by atoms with Crippen molar-refractivity contribution in [2.45, 2.75) is 0 Å². The Morgan fingerprint density at radius 1 is 1.25 bits per heavy atom. The minimum atomic E-state index is -1.00. The zero-order chi connectivity index (χ0) is 11.1. The molecule has 1 aromatic heterocycles. The van der Waals surface area contributed by atoms with Gasteiger partial charge in [-0.3, -0.25) is 0 Å². The fourth-order valence-electron chi connectivity index (χ4n) is 1.74. The molecule has 16 heavy (non-hydrogen) atoms. The number of anilines is 1. The van der Waals surface area contributed by atoms with Gasteiger partial charge in [0.05, 0.1) is 5.69 Å². The molecule has 1 aromatic carbocycles. The Morgan fingerprint density at radius 2 is 2.06 bits per heavy atom. The number of para-hydroxylation sites is 1. The number of carboxylic acid groups (broad SMARTS) is 1. The molecule has 0 atom stereocenters. The monoisotopic (exact) mass is 216 g/mol. The summed E-state index contributed by atoms with van der Waals surface area (Å²) in [5.41, 5.74) is 5.37. The molecule has 0 spiro atoms. The van der Waals surface area contributed by atoms with Crippen LogP contribution in [0.15, 0.2) is 30.3 Å². The maximum absolute atomic E-state index is 10.8. The van der Waals surface area contributed by atoms with E-state index in [9.17, 15) is 4.79 Å². The molecule has 80 valence electrons. The van der Waals surface area contributed by atoms with E-state index < -0.39 is 5.97 Å². The van der Waals surface area contributed by atoms with Crippen LogP contribution in [0.5, 0.6) is 5.88 Å². The van der Waals surface area contributed by atoms with Crippen molar-refractivity contribution < 1.29 is 14.7 Å². The number of benzene rings is 1. The van der Waals surface area contributed by atoms with Gasteiger partial charge in [-0.25, -0.2) is 10.3 Å². The third-order valence-electron chi connectivity index (χ3n) is 2.49. The van der Waals surface area contributed by atoms with Gasteiger partial charge in [0.2, 0.25) is 5.88 Å². The van der Waals surface area contributed by atoms with Crippen molar-refractivity contribution in [3.63, 3.8) is 0 Å². The topological polar surface area (TPSA) is 74.3 Å². The molecule has 0 saturated carbocycles. The van der Waals surface area contributed by atoms with E-state index in [0.29, 0.717) is 5.88 Å². The highest BCUT2D eigenvalue weighted by Crippen LogP contribution is 2.38. The summed E-state index contributed by atoms with van der Waals surface area (Å²) < 4.78 is 0. The lowest BCUT2D eigenvalue weighted by Gasteiger charge is -2.17. The molecule has 3 rings (SSSR count). The van der Waals surface area contributed by atoms with Crippen LogP contribution < -0.4 is 10.3 Å². The molecule has 0 radical (unpaired) electrons. The average Bonchev–Trinajstić information content (AvgIpc) is 2.73. The van der Waals surface area contributed by atoms with Gasteiger partial charge in [-0.05, 0) is 12.1 Å². The zero-order valence-electron chi connectivity index (χ0n) is 8.15. The van der Waals surface area contributed by atoms with Crippen molar-refractivity contribution in [2.75, 3.05) is 5.48 Å². The normalized spacial score (nSPS) is 12.0. The number of aromatic nitrogens is 1. The molecule has 0 unspecified atom stereocenters. The third-order valence-corrected chi connectivity index (χ3v) is 2.49. The largest absolute Gasteiger partial charge is 0.477 e. The van der Waals surface area contributed by atoms with Gasteiger partial charge in [-0.1, -0.05) is 18.2 Å².